The van der Waals surface area contributed by atoms with Crippen LogP contribution in [0.25, 0.3) is 10.9 Å². The maximum absolute atomic E-state index is 13.5. The average Bonchev–Trinajstić information content (AvgIpc) is 3.16. The minimum atomic E-state index is -0.337. The maximum Gasteiger partial charge on any atom is 0.258 e. The van der Waals surface area contributed by atoms with Gasteiger partial charge in [-0.25, -0.2) is 0 Å². The van der Waals surface area contributed by atoms with E-state index >= 15 is 0 Å². The minimum absolute atomic E-state index is 0.0635. The number of aryl methyl sites for hydroxylation is 1. The SMILES string of the molecule is CNC[C@H]1Oc2ccc(NC(=O)Cc3cn(C)c4ccccc34)cc2C(=O)N([C@H](C)CO)C[C@H]1C. The topological polar surface area (TPSA) is 95.8 Å². The number of aliphatic hydroxyl groups excluding tert-OH is 1. The van der Waals surface area contributed by atoms with Gasteiger partial charge >= 0.3 is 0 Å². The predicted molar refractivity (Wildman–Crippen MR) is 137 cm³/mol. The van der Waals surface area contributed by atoms with E-state index < -0.39 is 0 Å². The number of nitrogens with zero attached hydrogens (tertiary/aromatic N) is 2. The van der Waals surface area contributed by atoms with Gasteiger partial charge in [0.15, 0.2) is 0 Å². The van der Waals surface area contributed by atoms with Crippen molar-refractivity contribution in [2.24, 2.45) is 13.0 Å². The lowest BCUT2D eigenvalue weighted by molar-refractivity contribution is -0.115. The molecule has 2 heterocycles. The summed E-state index contributed by atoms with van der Waals surface area (Å²) in [4.78, 5) is 28.1. The second-order valence-corrected chi connectivity index (χ2v) is 9.40. The summed E-state index contributed by atoms with van der Waals surface area (Å²) in [6.07, 6.45) is 2.05. The second-order valence-electron chi connectivity index (χ2n) is 9.40. The molecule has 1 aromatic heterocycles. The Morgan fingerprint density at radius 2 is 2.03 bits per heavy atom. The summed E-state index contributed by atoms with van der Waals surface area (Å²) >= 11 is 0. The fourth-order valence-electron chi connectivity index (χ4n) is 4.69. The van der Waals surface area contributed by atoms with Gasteiger partial charge in [-0.1, -0.05) is 25.1 Å². The number of hydrogen-bond donors (Lipinski definition) is 3. The lowest BCUT2D eigenvalue weighted by atomic mass is 9.99. The van der Waals surface area contributed by atoms with Crippen molar-refractivity contribution in [2.45, 2.75) is 32.4 Å². The summed E-state index contributed by atoms with van der Waals surface area (Å²) in [5.74, 6) is 0.154. The van der Waals surface area contributed by atoms with Crippen molar-refractivity contribution in [1.82, 2.24) is 14.8 Å². The van der Waals surface area contributed by atoms with Crippen molar-refractivity contribution in [3.63, 3.8) is 0 Å². The number of carbonyl (C=O) groups is 2. The largest absolute Gasteiger partial charge is 0.488 e. The molecule has 4 rings (SSSR count). The maximum atomic E-state index is 13.5. The molecule has 0 unspecified atom stereocenters. The Labute approximate surface area is 205 Å². The van der Waals surface area contributed by atoms with Crippen molar-refractivity contribution < 1.29 is 19.4 Å². The molecular formula is C27H34N4O4. The molecule has 1 aliphatic rings. The van der Waals surface area contributed by atoms with Crippen molar-refractivity contribution in [2.75, 3.05) is 32.1 Å². The van der Waals surface area contributed by atoms with E-state index in [1.165, 1.54) is 0 Å². The summed E-state index contributed by atoms with van der Waals surface area (Å²) in [6.45, 7) is 4.82. The van der Waals surface area contributed by atoms with Gasteiger partial charge < -0.3 is 29.9 Å². The van der Waals surface area contributed by atoms with Crippen molar-refractivity contribution in [3.8, 4) is 5.75 Å². The van der Waals surface area contributed by atoms with Gasteiger partial charge in [0.05, 0.1) is 24.6 Å². The lowest BCUT2D eigenvalue weighted by Gasteiger charge is -2.37. The molecule has 1 aliphatic heterocycles. The summed E-state index contributed by atoms with van der Waals surface area (Å²) < 4.78 is 8.25. The first-order valence-corrected chi connectivity index (χ1v) is 12.0. The molecule has 8 nitrogen and oxygen atoms in total. The predicted octanol–water partition coefficient (Wildman–Crippen LogP) is 2.80. The Morgan fingerprint density at radius 1 is 1.26 bits per heavy atom. The van der Waals surface area contributed by atoms with Gasteiger partial charge in [0, 0.05) is 48.8 Å². The number of aliphatic hydroxyl groups is 1. The monoisotopic (exact) mass is 478 g/mol. The molecule has 8 heteroatoms. The number of amides is 2. The zero-order valence-electron chi connectivity index (χ0n) is 20.7. The summed E-state index contributed by atoms with van der Waals surface area (Å²) in [5.41, 5.74) is 2.92. The van der Waals surface area contributed by atoms with Crippen molar-refractivity contribution in [1.29, 1.82) is 0 Å². The summed E-state index contributed by atoms with van der Waals surface area (Å²) in [7, 11) is 3.83. The van der Waals surface area contributed by atoms with Crippen LogP contribution in [-0.4, -0.2) is 65.3 Å². The molecule has 3 N–H and O–H groups in total. The fourth-order valence-corrected chi connectivity index (χ4v) is 4.69. The zero-order valence-corrected chi connectivity index (χ0v) is 20.7. The van der Waals surface area contributed by atoms with E-state index in [1.54, 1.807) is 23.1 Å². The first kappa shape index (κ1) is 24.8. The normalized spacial score (nSPS) is 19.0. The first-order valence-electron chi connectivity index (χ1n) is 12.0. The van der Waals surface area contributed by atoms with E-state index in [0.717, 1.165) is 16.5 Å². The van der Waals surface area contributed by atoms with E-state index in [1.807, 2.05) is 63.0 Å². The van der Waals surface area contributed by atoms with Gasteiger partial charge in [-0.05, 0) is 43.8 Å². The first-order chi connectivity index (χ1) is 16.8. The van der Waals surface area contributed by atoms with Crippen LogP contribution >= 0.6 is 0 Å². The summed E-state index contributed by atoms with van der Waals surface area (Å²) in [6, 6.07) is 12.8. The number of rotatable bonds is 7. The Kier molecular flexibility index (Phi) is 7.42. The van der Waals surface area contributed by atoms with Gasteiger partial charge in [-0.2, -0.15) is 0 Å². The third-order valence-corrected chi connectivity index (χ3v) is 6.68. The van der Waals surface area contributed by atoms with E-state index in [2.05, 4.69) is 10.6 Å². The van der Waals surface area contributed by atoms with Crippen LogP contribution in [0.3, 0.4) is 0 Å². The zero-order chi connectivity index (χ0) is 25.1. The third kappa shape index (κ3) is 5.18. The quantitative estimate of drug-likeness (QED) is 0.485. The van der Waals surface area contributed by atoms with E-state index in [4.69, 9.17) is 4.74 Å². The Morgan fingerprint density at radius 3 is 2.77 bits per heavy atom. The molecule has 186 valence electrons. The number of fused-ring (bicyclic) bond motifs is 2. The van der Waals surface area contributed by atoms with Crippen LogP contribution in [-0.2, 0) is 18.3 Å². The van der Waals surface area contributed by atoms with Gasteiger partial charge in [0.25, 0.3) is 5.91 Å². The molecule has 0 bridgehead atoms. The molecule has 2 aromatic carbocycles. The Balaban J connectivity index is 1.60. The molecular weight excluding hydrogens is 444 g/mol. The number of hydrogen-bond acceptors (Lipinski definition) is 5. The van der Waals surface area contributed by atoms with E-state index in [9.17, 15) is 14.7 Å². The molecule has 0 fully saturated rings. The molecule has 0 saturated heterocycles. The Bertz CT molecular complexity index is 1220. The van der Waals surface area contributed by atoms with Crippen LogP contribution in [0, 0.1) is 5.92 Å². The number of likely N-dealkylation sites (N-methyl/N-ethyl adjacent to an activating group) is 1. The molecule has 35 heavy (non-hydrogen) atoms. The van der Waals surface area contributed by atoms with Crippen LogP contribution in [0.4, 0.5) is 5.69 Å². The average molecular weight is 479 g/mol. The van der Waals surface area contributed by atoms with E-state index in [-0.39, 0.29) is 42.9 Å². The molecule has 0 spiro atoms. The number of carbonyl (C=O) groups excluding carboxylic acids is 2. The highest BCUT2D eigenvalue weighted by Crippen LogP contribution is 2.30. The van der Waals surface area contributed by atoms with Crippen molar-refractivity contribution >= 4 is 28.4 Å². The van der Waals surface area contributed by atoms with Gasteiger partial charge in [-0.15, -0.1) is 0 Å². The number of para-hydroxylation sites is 1. The number of anilines is 1. The van der Waals surface area contributed by atoms with E-state index in [0.29, 0.717) is 30.1 Å². The van der Waals surface area contributed by atoms with Crippen LogP contribution in [0.15, 0.2) is 48.7 Å². The minimum Gasteiger partial charge on any atom is -0.488 e. The molecule has 0 saturated carbocycles. The second kappa shape index (κ2) is 10.5. The number of benzene rings is 2. The highest BCUT2D eigenvalue weighted by molar-refractivity contribution is 6.00. The molecule has 3 atom stereocenters. The fraction of sp³-hybridized carbons (Fsp3) is 0.407. The van der Waals surface area contributed by atoms with Gasteiger partial charge in [0.2, 0.25) is 5.91 Å². The number of nitrogens with one attached hydrogen (secondary N) is 2. The van der Waals surface area contributed by atoms with Gasteiger partial charge in [0.1, 0.15) is 11.9 Å². The van der Waals surface area contributed by atoms with Crippen LogP contribution < -0.4 is 15.4 Å². The van der Waals surface area contributed by atoms with Crippen LogP contribution in [0.1, 0.15) is 29.8 Å². The van der Waals surface area contributed by atoms with Crippen LogP contribution in [0.5, 0.6) is 5.75 Å². The van der Waals surface area contributed by atoms with Gasteiger partial charge in [-0.3, -0.25) is 9.59 Å². The number of ether oxygens (including phenoxy) is 1. The molecule has 3 aromatic rings. The highest BCUT2D eigenvalue weighted by Gasteiger charge is 2.32. The molecule has 2 amide bonds. The standard InChI is InChI=1S/C27H34N4O4/c1-17-14-31(18(2)16-32)27(34)22-12-20(9-10-24(22)35-25(17)13-28-3)29-26(33)11-19-15-30(4)23-8-6-5-7-21(19)23/h5-10,12,15,17-18,25,28,32H,11,13-14,16H2,1-4H3,(H,29,33)/t17-,18-,25-/m1/s1. The Hall–Kier alpha value is -3.36. The summed E-state index contributed by atoms with van der Waals surface area (Å²) in [5, 5.41) is 16.9. The molecule has 0 radical (unpaired) electrons. The number of aromatic nitrogens is 1. The van der Waals surface area contributed by atoms with Crippen molar-refractivity contribution in [3.05, 3.63) is 59.8 Å². The lowest BCUT2D eigenvalue weighted by Crippen LogP contribution is -2.49. The molecule has 0 aliphatic carbocycles. The third-order valence-electron chi connectivity index (χ3n) is 6.68. The highest BCUT2D eigenvalue weighted by atomic mass is 16.5. The smallest absolute Gasteiger partial charge is 0.258 e. The van der Waals surface area contributed by atoms with Crippen LogP contribution in [0.2, 0.25) is 0 Å².